The molecule has 2 aromatic heterocycles. The predicted molar refractivity (Wildman–Crippen MR) is 109 cm³/mol. The van der Waals surface area contributed by atoms with Gasteiger partial charge in [-0.2, -0.15) is 0 Å². The Morgan fingerprint density at radius 2 is 1.44 bits per heavy atom. The fraction of sp³-hybridized carbons (Fsp3) is 0.190. The highest BCUT2D eigenvalue weighted by atomic mass is 32.1. The van der Waals surface area contributed by atoms with Crippen molar-refractivity contribution in [3.63, 3.8) is 0 Å². The summed E-state index contributed by atoms with van der Waals surface area (Å²) >= 11 is 2.69. The summed E-state index contributed by atoms with van der Waals surface area (Å²) in [6.07, 6.45) is 0. The maximum Gasteiger partial charge on any atom is 0.345 e. The SMILES string of the molecule is Cc1cc2sc(C(=O)O)cc2c(F)c1C.Cc1cc2sccc2c(F)c1C. The van der Waals surface area contributed by atoms with Gasteiger partial charge in [-0.1, -0.05) is 0 Å². The minimum Gasteiger partial charge on any atom is -0.477 e. The Morgan fingerprint density at radius 3 is 2.04 bits per heavy atom. The quantitative estimate of drug-likeness (QED) is 0.370. The van der Waals surface area contributed by atoms with E-state index in [1.165, 1.54) is 6.07 Å². The number of hydrogen-bond acceptors (Lipinski definition) is 3. The summed E-state index contributed by atoms with van der Waals surface area (Å²) in [7, 11) is 0. The Balaban J connectivity index is 0.000000159. The van der Waals surface area contributed by atoms with Crippen molar-refractivity contribution in [1.82, 2.24) is 0 Å². The Bertz CT molecular complexity index is 1170. The lowest BCUT2D eigenvalue weighted by atomic mass is 10.1. The molecule has 0 radical (unpaired) electrons. The first-order valence-corrected chi connectivity index (χ1v) is 9.95. The molecule has 0 aliphatic heterocycles. The van der Waals surface area contributed by atoms with Crippen molar-refractivity contribution < 1.29 is 18.7 Å². The van der Waals surface area contributed by atoms with E-state index in [4.69, 9.17) is 5.11 Å². The van der Waals surface area contributed by atoms with Crippen molar-refractivity contribution in [2.75, 3.05) is 0 Å². The van der Waals surface area contributed by atoms with Crippen LogP contribution in [-0.2, 0) is 0 Å². The number of halogens is 2. The number of benzene rings is 2. The highest BCUT2D eigenvalue weighted by Gasteiger charge is 2.14. The average molecular weight is 405 g/mol. The molecule has 0 aliphatic carbocycles. The van der Waals surface area contributed by atoms with Crippen molar-refractivity contribution >= 4 is 48.8 Å². The zero-order valence-electron chi connectivity index (χ0n) is 15.3. The Morgan fingerprint density at radius 1 is 0.889 bits per heavy atom. The van der Waals surface area contributed by atoms with Crippen LogP contribution in [0.1, 0.15) is 31.9 Å². The number of carbonyl (C=O) groups is 1. The van der Waals surface area contributed by atoms with Gasteiger partial charge in [-0.3, -0.25) is 0 Å². The van der Waals surface area contributed by atoms with Gasteiger partial charge < -0.3 is 5.11 Å². The number of thiophene rings is 2. The van der Waals surface area contributed by atoms with E-state index in [0.29, 0.717) is 15.6 Å². The van der Waals surface area contributed by atoms with Crippen LogP contribution in [0, 0.1) is 39.3 Å². The normalized spacial score (nSPS) is 10.9. The van der Waals surface area contributed by atoms with E-state index >= 15 is 0 Å². The van der Waals surface area contributed by atoms with E-state index in [1.54, 1.807) is 18.3 Å². The molecule has 0 amide bonds. The van der Waals surface area contributed by atoms with Crippen LogP contribution in [0.4, 0.5) is 8.78 Å². The molecule has 0 saturated heterocycles. The van der Waals surface area contributed by atoms with Gasteiger partial charge in [0.05, 0.1) is 0 Å². The highest BCUT2D eigenvalue weighted by molar-refractivity contribution is 7.20. The lowest BCUT2D eigenvalue weighted by Crippen LogP contribution is -1.90. The number of hydrogen-bond donors (Lipinski definition) is 1. The number of rotatable bonds is 1. The van der Waals surface area contributed by atoms with Crippen LogP contribution < -0.4 is 0 Å². The molecule has 0 bridgehead atoms. The number of carboxylic acids is 1. The molecular weight excluding hydrogens is 386 g/mol. The van der Waals surface area contributed by atoms with Gasteiger partial charge in [0.15, 0.2) is 0 Å². The van der Waals surface area contributed by atoms with Gasteiger partial charge in [-0.15, -0.1) is 22.7 Å². The van der Waals surface area contributed by atoms with Crippen LogP contribution in [0.5, 0.6) is 0 Å². The number of fused-ring (bicyclic) bond motifs is 2. The van der Waals surface area contributed by atoms with Crippen molar-refractivity contribution in [2.24, 2.45) is 0 Å². The molecule has 0 fully saturated rings. The van der Waals surface area contributed by atoms with Gasteiger partial charge in [0, 0.05) is 20.2 Å². The summed E-state index contributed by atoms with van der Waals surface area (Å²) < 4.78 is 29.0. The molecule has 0 spiro atoms. The molecule has 0 aliphatic rings. The molecule has 4 rings (SSSR count). The van der Waals surface area contributed by atoms with Gasteiger partial charge >= 0.3 is 5.97 Å². The molecule has 4 aromatic rings. The third-order valence-electron chi connectivity index (χ3n) is 4.68. The highest BCUT2D eigenvalue weighted by Crippen LogP contribution is 2.31. The first-order chi connectivity index (χ1) is 12.7. The van der Waals surface area contributed by atoms with Crippen LogP contribution in [0.2, 0.25) is 0 Å². The Kier molecular flexibility index (Phi) is 5.31. The summed E-state index contributed by atoms with van der Waals surface area (Å²) in [6.45, 7) is 7.28. The van der Waals surface area contributed by atoms with E-state index in [-0.39, 0.29) is 16.5 Å². The largest absolute Gasteiger partial charge is 0.477 e. The molecule has 0 saturated carbocycles. The molecule has 2 aromatic carbocycles. The summed E-state index contributed by atoms with van der Waals surface area (Å²) in [4.78, 5) is 10.9. The lowest BCUT2D eigenvalue weighted by Gasteiger charge is -2.01. The second-order valence-corrected chi connectivity index (χ2v) is 8.46. The second-order valence-electron chi connectivity index (χ2n) is 6.42. The first kappa shape index (κ1) is 19.5. The smallest absolute Gasteiger partial charge is 0.345 e. The van der Waals surface area contributed by atoms with Crippen LogP contribution in [-0.4, -0.2) is 11.1 Å². The van der Waals surface area contributed by atoms with E-state index in [2.05, 4.69) is 0 Å². The van der Waals surface area contributed by atoms with E-state index in [1.807, 2.05) is 44.4 Å². The van der Waals surface area contributed by atoms with Crippen molar-refractivity contribution in [3.8, 4) is 0 Å². The lowest BCUT2D eigenvalue weighted by molar-refractivity contribution is 0.0702. The summed E-state index contributed by atoms with van der Waals surface area (Å²) in [6, 6.07) is 7.09. The summed E-state index contributed by atoms with van der Waals surface area (Å²) in [5.74, 6) is -1.38. The number of aromatic carboxylic acids is 1. The molecule has 6 heteroatoms. The molecule has 1 N–H and O–H groups in total. The van der Waals surface area contributed by atoms with Crippen LogP contribution in [0.3, 0.4) is 0 Å². The van der Waals surface area contributed by atoms with Crippen molar-refractivity contribution in [1.29, 1.82) is 0 Å². The minimum absolute atomic E-state index is 0.0637. The molecule has 0 unspecified atom stereocenters. The molecule has 2 heterocycles. The fourth-order valence-electron chi connectivity index (χ4n) is 2.76. The fourth-order valence-corrected chi connectivity index (χ4v) is 4.64. The summed E-state index contributed by atoms with van der Waals surface area (Å²) in [5, 5.41) is 11.9. The molecule has 0 atom stereocenters. The van der Waals surface area contributed by atoms with Crippen LogP contribution in [0.25, 0.3) is 20.2 Å². The van der Waals surface area contributed by atoms with Crippen molar-refractivity contribution in [3.05, 3.63) is 68.4 Å². The summed E-state index contributed by atoms with van der Waals surface area (Å²) in [5.41, 5.74) is 3.22. The van der Waals surface area contributed by atoms with Gasteiger partial charge in [0.2, 0.25) is 0 Å². The van der Waals surface area contributed by atoms with Gasteiger partial charge in [0.25, 0.3) is 0 Å². The second kappa shape index (κ2) is 7.37. The zero-order valence-corrected chi connectivity index (χ0v) is 16.9. The molecular formula is C21H18F2O2S2. The third kappa shape index (κ3) is 3.59. The third-order valence-corrected chi connectivity index (χ3v) is 6.61. The van der Waals surface area contributed by atoms with Gasteiger partial charge in [0.1, 0.15) is 16.5 Å². The van der Waals surface area contributed by atoms with Crippen molar-refractivity contribution in [2.45, 2.75) is 27.7 Å². The van der Waals surface area contributed by atoms with E-state index in [0.717, 1.165) is 38.1 Å². The molecule has 2 nitrogen and oxygen atoms in total. The molecule has 140 valence electrons. The Labute approximate surface area is 163 Å². The predicted octanol–water partition coefficient (Wildman–Crippen LogP) is 7.01. The topological polar surface area (TPSA) is 37.3 Å². The zero-order chi connectivity index (χ0) is 19.9. The molecule has 27 heavy (non-hydrogen) atoms. The van der Waals surface area contributed by atoms with E-state index in [9.17, 15) is 13.6 Å². The monoisotopic (exact) mass is 404 g/mol. The first-order valence-electron chi connectivity index (χ1n) is 8.26. The van der Waals surface area contributed by atoms with Gasteiger partial charge in [-0.25, -0.2) is 13.6 Å². The standard InChI is InChI=1S/C11H9FO2S.C10H9FS/c1-5-3-8-7(10(12)6(5)2)4-9(15-8)11(13)14;1-6-5-9-8(3-4-12-9)10(11)7(6)2/h3-4H,1-2H3,(H,13,14);3-5H,1-2H3. The van der Waals surface area contributed by atoms with Crippen LogP contribution in [0.15, 0.2) is 29.6 Å². The number of carboxylic acid groups (broad SMARTS) is 1. The Hall–Kier alpha value is -2.31. The van der Waals surface area contributed by atoms with Gasteiger partial charge in [-0.05, 0) is 79.6 Å². The van der Waals surface area contributed by atoms with E-state index < -0.39 is 5.97 Å². The maximum absolute atomic E-state index is 13.7. The maximum atomic E-state index is 13.7. The average Bonchev–Trinajstić information content (AvgIpc) is 3.25. The minimum atomic E-state index is -1.01. The van der Waals surface area contributed by atoms with Crippen LogP contribution >= 0.6 is 22.7 Å². The number of aryl methyl sites for hydroxylation is 2.